The van der Waals surface area contributed by atoms with E-state index in [1.54, 1.807) is 0 Å². The summed E-state index contributed by atoms with van der Waals surface area (Å²) in [7, 11) is 0. The van der Waals surface area contributed by atoms with E-state index in [1.807, 2.05) is 0 Å². The molecule has 2 heteroatoms. The molecule has 21 heavy (non-hydrogen) atoms. The minimum Gasteiger partial charge on any atom is -0.306 e. The Morgan fingerprint density at radius 2 is 1.38 bits per heavy atom. The van der Waals surface area contributed by atoms with Crippen LogP contribution in [0.4, 0.5) is 0 Å². The molecule has 0 heterocycles. The molecule has 1 aliphatic carbocycles. The van der Waals surface area contributed by atoms with E-state index in [-0.39, 0.29) is 12.4 Å². The first-order valence-electron chi connectivity index (χ1n) is 7.64. The van der Waals surface area contributed by atoms with Gasteiger partial charge in [-0.25, -0.2) is 0 Å². The predicted molar refractivity (Wildman–Crippen MR) is 92.2 cm³/mol. The molecule has 1 aliphatic rings. The second-order valence-corrected chi connectivity index (χ2v) is 6.13. The standard InChI is InChI=1S/C19H23N.ClH/c1-14(2)13-20-19-17-9-5-3-7-15(17)11-12-16-8-4-6-10-18(16)19;/h3-10,14,19-20H,11-13H2,1-2H3;1H. The Morgan fingerprint density at radius 3 is 1.86 bits per heavy atom. The van der Waals surface area contributed by atoms with Gasteiger partial charge in [0.15, 0.2) is 0 Å². The van der Waals surface area contributed by atoms with Gasteiger partial charge in [0.05, 0.1) is 6.04 Å². The number of nitrogens with one attached hydrogen (secondary N) is 1. The van der Waals surface area contributed by atoms with E-state index in [0.29, 0.717) is 12.0 Å². The minimum absolute atomic E-state index is 0. The maximum Gasteiger partial charge on any atom is 0.0582 e. The van der Waals surface area contributed by atoms with Crippen LogP contribution in [0.15, 0.2) is 48.5 Å². The Hall–Kier alpha value is -1.31. The highest BCUT2D eigenvalue weighted by Crippen LogP contribution is 2.32. The molecule has 112 valence electrons. The van der Waals surface area contributed by atoms with Gasteiger partial charge >= 0.3 is 0 Å². The molecule has 1 nitrogen and oxygen atoms in total. The van der Waals surface area contributed by atoms with Gasteiger partial charge in [-0.1, -0.05) is 62.4 Å². The first-order chi connectivity index (χ1) is 9.75. The summed E-state index contributed by atoms with van der Waals surface area (Å²) in [4.78, 5) is 0. The molecule has 3 rings (SSSR count). The van der Waals surface area contributed by atoms with Crippen LogP contribution in [0.2, 0.25) is 0 Å². The maximum absolute atomic E-state index is 3.77. The number of rotatable bonds is 3. The van der Waals surface area contributed by atoms with Crippen molar-refractivity contribution in [3.63, 3.8) is 0 Å². The van der Waals surface area contributed by atoms with Crippen molar-refractivity contribution in [2.75, 3.05) is 6.54 Å². The van der Waals surface area contributed by atoms with Crippen LogP contribution in [0.25, 0.3) is 0 Å². The van der Waals surface area contributed by atoms with Crippen molar-refractivity contribution in [2.45, 2.75) is 32.7 Å². The normalized spacial score (nSPS) is 14.0. The molecule has 0 bridgehead atoms. The van der Waals surface area contributed by atoms with Crippen LogP contribution in [0, 0.1) is 5.92 Å². The van der Waals surface area contributed by atoms with Gasteiger partial charge in [0.25, 0.3) is 0 Å². The zero-order valence-electron chi connectivity index (χ0n) is 12.8. The average molecular weight is 302 g/mol. The van der Waals surface area contributed by atoms with E-state index < -0.39 is 0 Å². The third-order valence-electron chi connectivity index (χ3n) is 4.13. The summed E-state index contributed by atoms with van der Waals surface area (Å²) in [5.41, 5.74) is 5.89. The first-order valence-corrected chi connectivity index (χ1v) is 7.64. The molecule has 0 amide bonds. The molecular weight excluding hydrogens is 278 g/mol. The Kier molecular flexibility index (Phi) is 5.44. The summed E-state index contributed by atoms with van der Waals surface area (Å²) in [5, 5.41) is 3.77. The molecule has 0 aliphatic heterocycles. The van der Waals surface area contributed by atoms with E-state index in [9.17, 15) is 0 Å². The number of aryl methyl sites for hydroxylation is 2. The van der Waals surface area contributed by atoms with E-state index in [1.165, 1.54) is 22.3 Å². The summed E-state index contributed by atoms with van der Waals surface area (Å²) in [6.45, 7) is 5.58. The second kappa shape index (κ2) is 7.11. The summed E-state index contributed by atoms with van der Waals surface area (Å²) in [6.07, 6.45) is 2.29. The molecule has 0 fully saturated rings. The molecule has 0 atom stereocenters. The van der Waals surface area contributed by atoms with Gasteiger partial charge in [-0.05, 0) is 47.6 Å². The van der Waals surface area contributed by atoms with Gasteiger partial charge in [-0.15, -0.1) is 12.4 Å². The van der Waals surface area contributed by atoms with Crippen LogP contribution in [0.5, 0.6) is 0 Å². The highest BCUT2D eigenvalue weighted by Gasteiger charge is 2.22. The lowest BCUT2D eigenvalue weighted by molar-refractivity contribution is 0.512. The fraction of sp³-hybridized carbons (Fsp3) is 0.368. The summed E-state index contributed by atoms with van der Waals surface area (Å²) in [5.74, 6) is 0.664. The van der Waals surface area contributed by atoms with Crippen molar-refractivity contribution in [3.8, 4) is 0 Å². The van der Waals surface area contributed by atoms with Crippen molar-refractivity contribution in [1.29, 1.82) is 0 Å². The Bertz CT molecular complexity index is 544. The second-order valence-electron chi connectivity index (χ2n) is 6.13. The largest absolute Gasteiger partial charge is 0.306 e. The SMILES string of the molecule is CC(C)CNC1c2ccccc2CCc2ccccc21.Cl. The lowest BCUT2D eigenvalue weighted by Crippen LogP contribution is -2.27. The van der Waals surface area contributed by atoms with Crippen molar-refractivity contribution in [1.82, 2.24) is 5.32 Å². The predicted octanol–water partition coefficient (Wildman–Crippen LogP) is 4.54. The van der Waals surface area contributed by atoms with Gasteiger partial charge in [-0.3, -0.25) is 0 Å². The molecule has 2 aromatic rings. The first kappa shape index (κ1) is 16.1. The highest BCUT2D eigenvalue weighted by atomic mass is 35.5. The number of halogens is 1. The van der Waals surface area contributed by atoms with Crippen molar-refractivity contribution < 1.29 is 0 Å². The van der Waals surface area contributed by atoms with Crippen LogP contribution >= 0.6 is 12.4 Å². The molecule has 0 saturated carbocycles. The Balaban J connectivity index is 0.00000161. The molecular formula is C19H24ClN. The Labute approximate surface area is 134 Å². The minimum atomic E-state index is 0. The van der Waals surface area contributed by atoms with Crippen LogP contribution in [-0.2, 0) is 12.8 Å². The van der Waals surface area contributed by atoms with E-state index in [4.69, 9.17) is 0 Å². The average Bonchev–Trinajstić information content (AvgIpc) is 2.62. The van der Waals surface area contributed by atoms with E-state index >= 15 is 0 Å². The third-order valence-corrected chi connectivity index (χ3v) is 4.13. The van der Waals surface area contributed by atoms with Crippen LogP contribution in [0.3, 0.4) is 0 Å². The quantitative estimate of drug-likeness (QED) is 0.877. The number of hydrogen-bond donors (Lipinski definition) is 1. The molecule has 0 saturated heterocycles. The van der Waals surface area contributed by atoms with E-state index in [2.05, 4.69) is 67.7 Å². The summed E-state index contributed by atoms with van der Waals surface area (Å²) >= 11 is 0. The molecule has 1 N–H and O–H groups in total. The number of fused-ring (bicyclic) bond motifs is 2. The molecule has 0 unspecified atom stereocenters. The third kappa shape index (κ3) is 3.48. The molecule has 0 spiro atoms. The highest BCUT2D eigenvalue weighted by molar-refractivity contribution is 5.85. The topological polar surface area (TPSA) is 12.0 Å². The maximum atomic E-state index is 3.77. The smallest absolute Gasteiger partial charge is 0.0582 e. The van der Waals surface area contributed by atoms with Gasteiger partial charge in [0.1, 0.15) is 0 Å². The van der Waals surface area contributed by atoms with Crippen LogP contribution < -0.4 is 5.32 Å². The van der Waals surface area contributed by atoms with E-state index in [0.717, 1.165) is 19.4 Å². The van der Waals surface area contributed by atoms with Gasteiger partial charge < -0.3 is 5.32 Å². The fourth-order valence-corrected chi connectivity index (χ4v) is 3.10. The monoisotopic (exact) mass is 301 g/mol. The lowest BCUT2D eigenvalue weighted by atomic mass is 9.94. The zero-order chi connectivity index (χ0) is 13.9. The lowest BCUT2D eigenvalue weighted by Gasteiger charge is -2.23. The fourth-order valence-electron chi connectivity index (χ4n) is 3.10. The van der Waals surface area contributed by atoms with Gasteiger partial charge in [0, 0.05) is 0 Å². The van der Waals surface area contributed by atoms with Crippen molar-refractivity contribution >= 4 is 12.4 Å². The molecule has 0 radical (unpaired) electrons. The van der Waals surface area contributed by atoms with Crippen molar-refractivity contribution in [3.05, 3.63) is 70.8 Å². The summed E-state index contributed by atoms with van der Waals surface area (Å²) < 4.78 is 0. The Morgan fingerprint density at radius 1 is 0.905 bits per heavy atom. The molecule has 2 aromatic carbocycles. The van der Waals surface area contributed by atoms with Gasteiger partial charge in [0.2, 0.25) is 0 Å². The van der Waals surface area contributed by atoms with Crippen LogP contribution in [0.1, 0.15) is 42.1 Å². The summed E-state index contributed by atoms with van der Waals surface area (Å²) in [6, 6.07) is 18.1. The zero-order valence-corrected chi connectivity index (χ0v) is 13.6. The van der Waals surface area contributed by atoms with Gasteiger partial charge in [-0.2, -0.15) is 0 Å². The van der Waals surface area contributed by atoms with Crippen LogP contribution in [-0.4, -0.2) is 6.54 Å². The van der Waals surface area contributed by atoms with Crippen molar-refractivity contribution in [2.24, 2.45) is 5.92 Å². The number of benzene rings is 2. The number of hydrogen-bond acceptors (Lipinski definition) is 1. The molecule has 0 aromatic heterocycles.